The fraction of sp³-hybridized carbons (Fsp3) is 0.588. The van der Waals surface area contributed by atoms with Gasteiger partial charge in [-0.2, -0.15) is 0 Å². The molecule has 0 spiro atoms. The van der Waals surface area contributed by atoms with Crippen molar-refractivity contribution in [2.24, 2.45) is 5.92 Å². The molecule has 2 aromatic heterocycles. The molecule has 23 heavy (non-hydrogen) atoms. The van der Waals surface area contributed by atoms with Crippen LogP contribution < -0.4 is 10.2 Å². The van der Waals surface area contributed by atoms with E-state index in [4.69, 9.17) is 0 Å². The zero-order valence-electron chi connectivity index (χ0n) is 13.5. The topological polar surface area (TPSA) is 58.1 Å². The Balaban J connectivity index is 1.58. The van der Waals surface area contributed by atoms with Crippen molar-refractivity contribution in [2.75, 3.05) is 24.5 Å². The summed E-state index contributed by atoms with van der Waals surface area (Å²) in [4.78, 5) is 26.1. The number of amides is 1. The number of fused-ring (bicyclic) bond motifs is 3. The molecule has 2 aliphatic rings. The van der Waals surface area contributed by atoms with Gasteiger partial charge < -0.3 is 10.2 Å². The third kappa shape index (κ3) is 2.59. The largest absolute Gasteiger partial charge is 0.356 e. The molecule has 1 amide bonds. The molecule has 1 fully saturated rings. The Labute approximate surface area is 140 Å². The molecule has 0 saturated carbocycles. The minimum atomic E-state index is 0.150. The fourth-order valence-electron chi connectivity index (χ4n) is 3.82. The molecule has 0 atom stereocenters. The zero-order valence-corrected chi connectivity index (χ0v) is 14.3. The first-order valence-electron chi connectivity index (χ1n) is 8.55. The van der Waals surface area contributed by atoms with Crippen LogP contribution in [0.5, 0.6) is 0 Å². The van der Waals surface area contributed by atoms with E-state index in [9.17, 15) is 4.79 Å². The Morgan fingerprint density at radius 3 is 2.96 bits per heavy atom. The summed E-state index contributed by atoms with van der Waals surface area (Å²) in [6, 6.07) is 0. The van der Waals surface area contributed by atoms with E-state index in [2.05, 4.69) is 20.2 Å². The molecular formula is C17H22N4OS. The lowest BCUT2D eigenvalue weighted by molar-refractivity contribution is -0.125. The van der Waals surface area contributed by atoms with Crippen molar-refractivity contribution in [2.45, 2.75) is 39.0 Å². The maximum absolute atomic E-state index is 12.0. The van der Waals surface area contributed by atoms with Crippen molar-refractivity contribution in [3.8, 4) is 0 Å². The lowest BCUT2D eigenvalue weighted by Gasteiger charge is -2.32. The van der Waals surface area contributed by atoms with Crippen LogP contribution in [-0.4, -0.2) is 35.5 Å². The Morgan fingerprint density at radius 1 is 1.35 bits per heavy atom. The van der Waals surface area contributed by atoms with Crippen LogP contribution in [0, 0.1) is 5.92 Å². The molecular weight excluding hydrogens is 308 g/mol. The van der Waals surface area contributed by atoms with Gasteiger partial charge in [0.2, 0.25) is 5.91 Å². The summed E-state index contributed by atoms with van der Waals surface area (Å²) >= 11 is 1.83. The van der Waals surface area contributed by atoms with Crippen LogP contribution in [0.3, 0.4) is 0 Å². The van der Waals surface area contributed by atoms with Gasteiger partial charge in [-0.25, -0.2) is 9.97 Å². The predicted molar refractivity (Wildman–Crippen MR) is 93.1 cm³/mol. The van der Waals surface area contributed by atoms with Crippen LogP contribution in [0.2, 0.25) is 0 Å². The van der Waals surface area contributed by atoms with Gasteiger partial charge in [-0.1, -0.05) is 0 Å². The van der Waals surface area contributed by atoms with Crippen molar-refractivity contribution in [3.05, 3.63) is 16.8 Å². The summed E-state index contributed by atoms with van der Waals surface area (Å²) in [5, 5.41) is 4.23. The van der Waals surface area contributed by atoms with E-state index in [1.807, 2.05) is 18.3 Å². The number of aryl methyl sites for hydroxylation is 2. The number of hydrogen-bond acceptors (Lipinski definition) is 5. The lowest BCUT2D eigenvalue weighted by atomic mass is 9.95. The first kappa shape index (κ1) is 14.9. The number of hydrogen-bond donors (Lipinski definition) is 1. The Kier molecular flexibility index (Phi) is 3.93. The number of piperidine rings is 1. The van der Waals surface area contributed by atoms with E-state index in [1.54, 1.807) is 6.33 Å². The zero-order chi connectivity index (χ0) is 15.8. The van der Waals surface area contributed by atoms with E-state index in [1.165, 1.54) is 28.7 Å². The second-order valence-corrected chi connectivity index (χ2v) is 7.47. The number of aromatic nitrogens is 2. The second kappa shape index (κ2) is 6.07. The quantitative estimate of drug-likeness (QED) is 0.939. The molecule has 1 saturated heterocycles. The maximum Gasteiger partial charge on any atom is 0.223 e. The van der Waals surface area contributed by atoms with Gasteiger partial charge in [0.1, 0.15) is 17.0 Å². The first-order chi connectivity index (χ1) is 11.3. The van der Waals surface area contributed by atoms with E-state index < -0.39 is 0 Å². The maximum atomic E-state index is 12.0. The summed E-state index contributed by atoms with van der Waals surface area (Å²) in [5.41, 5.74) is 1.48. The molecule has 4 rings (SSSR count). The smallest absolute Gasteiger partial charge is 0.223 e. The standard InChI is InChI=1S/C17H22N4OS/c1-2-18-16(22)11-6-8-21(9-7-11)15-14-12-4-3-5-13(12)23-17(14)20-10-19-15/h10-11H,2-9H2,1H3,(H,18,22). The van der Waals surface area contributed by atoms with Gasteiger partial charge in [-0.15, -0.1) is 11.3 Å². The highest BCUT2D eigenvalue weighted by Gasteiger charge is 2.28. The third-order valence-corrected chi connectivity index (χ3v) is 6.20. The molecule has 0 aromatic carbocycles. The van der Waals surface area contributed by atoms with Crippen LogP contribution in [0.15, 0.2) is 6.33 Å². The van der Waals surface area contributed by atoms with Crippen molar-refractivity contribution in [3.63, 3.8) is 0 Å². The van der Waals surface area contributed by atoms with E-state index in [0.717, 1.165) is 43.0 Å². The summed E-state index contributed by atoms with van der Waals surface area (Å²) in [6.07, 6.45) is 7.11. The number of thiophene rings is 1. The molecule has 6 heteroatoms. The highest BCUT2D eigenvalue weighted by molar-refractivity contribution is 7.19. The van der Waals surface area contributed by atoms with Crippen LogP contribution in [0.1, 0.15) is 36.6 Å². The number of anilines is 1. The van der Waals surface area contributed by atoms with Gasteiger partial charge >= 0.3 is 0 Å². The van der Waals surface area contributed by atoms with Gasteiger partial charge in [-0.05, 0) is 44.6 Å². The van der Waals surface area contributed by atoms with Crippen LogP contribution in [-0.2, 0) is 17.6 Å². The Hall–Kier alpha value is -1.69. The molecule has 1 aliphatic carbocycles. The number of carbonyl (C=O) groups excluding carboxylic acids is 1. The highest BCUT2D eigenvalue weighted by Crippen LogP contribution is 2.40. The van der Waals surface area contributed by atoms with Crippen molar-refractivity contribution < 1.29 is 4.79 Å². The van der Waals surface area contributed by atoms with E-state index in [0.29, 0.717) is 6.54 Å². The van der Waals surface area contributed by atoms with Gasteiger partial charge in [0.15, 0.2) is 0 Å². The van der Waals surface area contributed by atoms with Crippen LogP contribution in [0.25, 0.3) is 10.2 Å². The monoisotopic (exact) mass is 330 g/mol. The highest BCUT2D eigenvalue weighted by atomic mass is 32.1. The van der Waals surface area contributed by atoms with Crippen molar-refractivity contribution in [1.82, 2.24) is 15.3 Å². The van der Waals surface area contributed by atoms with Gasteiger partial charge in [-0.3, -0.25) is 4.79 Å². The van der Waals surface area contributed by atoms with Crippen molar-refractivity contribution >= 4 is 33.3 Å². The summed E-state index contributed by atoms with van der Waals surface area (Å²) in [7, 11) is 0. The average Bonchev–Trinajstić information content (AvgIpc) is 3.15. The molecule has 1 N–H and O–H groups in total. The lowest BCUT2D eigenvalue weighted by Crippen LogP contribution is -2.40. The minimum Gasteiger partial charge on any atom is -0.356 e. The molecule has 0 radical (unpaired) electrons. The number of nitrogens with one attached hydrogen (secondary N) is 1. The molecule has 5 nitrogen and oxygen atoms in total. The number of carbonyl (C=O) groups is 1. The average molecular weight is 330 g/mol. The summed E-state index contributed by atoms with van der Waals surface area (Å²) < 4.78 is 0. The summed E-state index contributed by atoms with van der Waals surface area (Å²) in [6.45, 7) is 4.49. The van der Waals surface area contributed by atoms with Crippen LogP contribution >= 0.6 is 11.3 Å². The molecule has 2 aromatic rings. The minimum absolute atomic E-state index is 0.150. The molecule has 0 bridgehead atoms. The van der Waals surface area contributed by atoms with Gasteiger partial charge in [0.05, 0.1) is 5.39 Å². The van der Waals surface area contributed by atoms with Crippen LogP contribution in [0.4, 0.5) is 5.82 Å². The molecule has 3 heterocycles. The molecule has 1 aliphatic heterocycles. The SMILES string of the molecule is CCNC(=O)C1CCN(c2ncnc3sc4c(c23)CCC4)CC1. The normalized spacial score (nSPS) is 18.4. The van der Waals surface area contributed by atoms with Crippen molar-refractivity contribution in [1.29, 1.82) is 0 Å². The van der Waals surface area contributed by atoms with E-state index >= 15 is 0 Å². The number of rotatable bonds is 3. The molecule has 0 unspecified atom stereocenters. The predicted octanol–water partition coefficient (Wildman–Crippen LogP) is 2.53. The van der Waals surface area contributed by atoms with E-state index in [-0.39, 0.29) is 11.8 Å². The first-order valence-corrected chi connectivity index (χ1v) is 9.37. The summed E-state index contributed by atoms with van der Waals surface area (Å²) in [5.74, 6) is 1.44. The Morgan fingerprint density at radius 2 is 2.17 bits per heavy atom. The van der Waals surface area contributed by atoms with Gasteiger partial charge in [0.25, 0.3) is 0 Å². The number of nitrogens with zero attached hydrogens (tertiary/aromatic N) is 3. The third-order valence-electron chi connectivity index (χ3n) is 5.00. The second-order valence-electron chi connectivity index (χ2n) is 6.39. The molecule has 122 valence electrons. The van der Waals surface area contributed by atoms with Gasteiger partial charge in [0, 0.05) is 30.4 Å². The Bertz CT molecular complexity index is 734. The fourth-order valence-corrected chi connectivity index (χ4v) is 5.05.